The van der Waals surface area contributed by atoms with Crippen molar-refractivity contribution in [3.05, 3.63) is 137 Å². The van der Waals surface area contributed by atoms with Crippen molar-refractivity contribution < 1.29 is 13.9 Å². The molecular weight excluding hydrogens is 558 g/mol. The molecule has 6 heteroatoms. The quantitative estimate of drug-likeness (QED) is 0.192. The summed E-state index contributed by atoms with van der Waals surface area (Å²) in [4.78, 5) is 18.4. The van der Waals surface area contributed by atoms with Gasteiger partial charge in [-0.25, -0.2) is 4.98 Å². The molecule has 1 amide bonds. The number of fused-ring (bicyclic) bond motifs is 3. The third-order valence-electron chi connectivity index (χ3n) is 8.45. The van der Waals surface area contributed by atoms with E-state index in [0.29, 0.717) is 25.3 Å². The largest absolute Gasteiger partial charge is 0.493 e. The minimum Gasteiger partial charge on any atom is -0.493 e. The van der Waals surface area contributed by atoms with Crippen LogP contribution in [-0.4, -0.2) is 22.1 Å². The molecule has 0 aliphatic carbocycles. The molecular formula is C39H35N3O3. The topological polar surface area (TPSA) is 69.3 Å². The Morgan fingerprint density at radius 1 is 0.867 bits per heavy atom. The molecule has 3 heterocycles. The van der Waals surface area contributed by atoms with Gasteiger partial charge in [0.2, 0.25) is 11.8 Å². The Kier molecular flexibility index (Phi) is 7.55. The van der Waals surface area contributed by atoms with Crippen LogP contribution in [0.15, 0.2) is 119 Å². The first kappa shape index (κ1) is 28.4. The van der Waals surface area contributed by atoms with Crippen LogP contribution in [0, 0.1) is 6.92 Å². The number of aryl methyl sites for hydroxylation is 1. The summed E-state index contributed by atoms with van der Waals surface area (Å²) in [6.07, 6.45) is 1.20. The summed E-state index contributed by atoms with van der Waals surface area (Å²) in [5.41, 5.74) is 9.28. The van der Waals surface area contributed by atoms with Gasteiger partial charge in [-0.3, -0.25) is 4.79 Å². The van der Waals surface area contributed by atoms with Gasteiger partial charge < -0.3 is 19.0 Å². The smallest absolute Gasteiger partial charge is 0.247 e. The predicted molar refractivity (Wildman–Crippen MR) is 179 cm³/mol. The number of para-hydroxylation sites is 1. The molecule has 6 aromatic rings. The number of hydrogen-bond acceptors (Lipinski definition) is 4. The van der Waals surface area contributed by atoms with Crippen molar-refractivity contribution in [3.8, 4) is 28.3 Å². The van der Waals surface area contributed by atoms with Crippen LogP contribution in [0.1, 0.15) is 42.6 Å². The molecule has 1 aliphatic rings. The van der Waals surface area contributed by atoms with Gasteiger partial charge in [-0.2, -0.15) is 0 Å². The number of nitrogens with one attached hydrogen (secondary N) is 1. The first-order chi connectivity index (χ1) is 22.0. The Balaban J connectivity index is 1.12. The van der Waals surface area contributed by atoms with E-state index < -0.39 is 6.04 Å². The summed E-state index contributed by atoms with van der Waals surface area (Å²) in [6, 6.07) is 36.4. The van der Waals surface area contributed by atoms with Gasteiger partial charge in [-0.05, 0) is 62.2 Å². The number of benzene rings is 4. The molecule has 4 aromatic carbocycles. The Hall–Kier alpha value is -5.36. The van der Waals surface area contributed by atoms with Gasteiger partial charge in [0.15, 0.2) is 0 Å². The summed E-state index contributed by atoms with van der Waals surface area (Å²) in [6.45, 7) is 6.53. The molecule has 1 atom stereocenters. The minimum absolute atomic E-state index is 0.00255. The Bertz CT molecular complexity index is 2020. The molecule has 1 N–H and O–H groups in total. The molecule has 0 radical (unpaired) electrons. The normalized spacial score (nSPS) is 14.3. The van der Waals surface area contributed by atoms with Crippen molar-refractivity contribution in [2.45, 2.75) is 39.7 Å². The van der Waals surface area contributed by atoms with Crippen molar-refractivity contribution in [1.82, 2.24) is 14.9 Å². The van der Waals surface area contributed by atoms with Crippen LogP contribution < -0.4 is 10.1 Å². The lowest BCUT2D eigenvalue weighted by Crippen LogP contribution is -2.39. The molecule has 0 saturated carbocycles. The lowest BCUT2D eigenvalue weighted by molar-refractivity contribution is -0.123. The second kappa shape index (κ2) is 12.0. The first-order valence-corrected chi connectivity index (χ1v) is 15.4. The van der Waals surface area contributed by atoms with Crippen LogP contribution in [0.4, 0.5) is 0 Å². The van der Waals surface area contributed by atoms with Crippen molar-refractivity contribution in [1.29, 1.82) is 0 Å². The van der Waals surface area contributed by atoms with Crippen molar-refractivity contribution >= 4 is 22.5 Å². The standard InChI is InChI=1S/C39H35N3O3/c1-25(2)36-37-35(28-12-6-4-7-13-28)31-16-10-11-17-33(31)42(37)34(38(43)41-36)24-27-18-20-30(21-19-27)44-23-22-32-26(3)45-39(40-32)29-14-8-5-9-15-29/h4-21,34H,22-24H2,1-3H3,(H,41,43). The van der Waals surface area contributed by atoms with Crippen LogP contribution in [0.2, 0.25) is 0 Å². The average molecular weight is 594 g/mol. The molecule has 0 bridgehead atoms. The number of rotatable bonds is 8. The maximum absolute atomic E-state index is 13.7. The molecule has 0 spiro atoms. The summed E-state index contributed by atoms with van der Waals surface area (Å²) in [5.74, 6) is 2.21. The van der Waals surface area contributed by atoms with Crippen molar-refractivity contribution in [3.63, 3.8) is 0 Å². The Labute approximate surface area is 263 Å². The number of aromatic nitrogens is 2. The van der Waals surface area contributed by atoms with Gasteiger partial charge in [0.05, 0.1) is 23.7 Å². The van der Waals surface area contributed by atoms with Gasteiger partial charge in [-0.1, -0.05) is 84.4 Å². The average Bonchev–Trinajstić information content (AvgIpc) is 3.61. The highest BCUT2D eigenvalue weighted by atomic mass is 16.5. The number of oxazole rings is 1. The SMILES string of the molecule is CC(C)=C1NC(=O)C(Cc2ccc(OCCc3nc(-c4ccccc4)oc3C)cc2)n2c1c(-c1ccccc1)c1ccccc12. The van der Waals surface area contributed by atoms with Crippen molar-refractivity contribution in [2.75, 3.05) is 6.61 Å². The molecule has 1 aliphatic heterocycles. The third kappa shape index (κ3) is 5.44. The van der Waals surface area contributed by atoms with E-state index >= 15 is 0 Å². The predicted octanol–water partition coefficient (Wildman–Crippen LogP) is 8.56. The van der Waals surface area contributed by atoms with E-state index in [1.165, 1.54) is 0 Å². The number of carbonyl (C=O) groups excluding carboxylic acids is 1. The van der Waals surface area contributed by atoms with Crippen LogP contribution in [0.25, 0.3) is 39.2 Å². The summed E-state index contributed by atoms with van der Waals surface area (Å²) < 4.78 is 14.2. The lowest BCUT2D eigenvalue weighted by atomic mass is 9.97. The molecule has 6 nitrogen and oxygen atoms in total. The van der Waals surface area contributed by atoms with Gasteiger partial charge in [0, 0.05) is 34.9 Å². The zero-order valence-corrected chi connectivity index (χ0v) is 25.7. The molecule has 0 saturated heterocycles. The molecule has 2 aromatic heterocycles. The van der Waals surface area contributed by atoms with Crippen LogP contribution in [-0.2, 0) is 17.6 Å². The molecule has 224 valence electrons. The Morgan fingerprint density at radius 2 is 1.53 bits per heavy atom. The number of allylic oxidation sites excluding steroid dienone is 1. The van der Waals surface area contributed by atoms with E-state index in [1.54, 1.807) is 0 Å². The van der Waals surface area contributed by atoms with E-state index in [4.69, 9.17) is 9.15 Å². The van der Waals surface area contributed by atoms with Crippen LogP contribution in [0.5, 0.6) is 5.75 Å². The third-order valence-corrected chi connectivity index (χ3v) is 8.45. The lowest BCUT2D eigenvalue weighted by Gasteiger charge is -2.30. The number of amides is 1. The summed E-state index contributed by atoms with van der Waals surface area (Å²) >= 11 is 0. The van der Waals surface area contributed by atoms with E-state index in [9.17, 15) is 4.79 Å². The second-order valence-electron chi connectivity index (χ2n) is 11.7. The van der Waals surface area contributed by atoms with E-state index in [0.717, 1.165) is 67.3 Å². The highest BCUT2D eigenvalue weighted by Gasteiger charge is 2.35. The highest BCUT2D eigenvalue weighted by Crippen LogP contribution is 2.43. The minimum atomic E-state index is -0.397. The second-order valence-corrected chi connectivity index (χ2v) is 11.7. The fourth-order valence-corrected chi connectivity index (χ4v) is 6.23. The van der Waals surface area contributed by atoms with Gasteiger partial charge in [-0.15, -0.1) is 0 Å². The molecule has 0 fully saturated rings. The van der Waals surface area contributed by atoms with Gasteiger partial charge in [0.25, 0.3) is 0 Å². The maximum Gasteiger partial charge on any atom is 0.247 e. The fraction of sp³-hybridized carbons (Fsp3) is 0.179. The van der Waals surface area contributed by atoms with Crippen LogP contribution >= 0.6 is 0 Å². The number of nitrogens with zero attached hydrogens (tertiary/aromatic N) is 2. The highest BCUT2D eigenvalue weighted by molar-refractivity contribution is 6.07. The molecule has 7 rings (SSSR count). The molecule has 1 unspecified atom stereocenters. The van der Waals surface area contributed by atoms with Crippen LogP contribution in [0.3, 0.4) is 0 Å². The fourth-order valence-electron chi connectivity index (χ4n) is 6.23. The number of hydrogen-bond donors (Lipinski definition) is 1. The van der Waals surface area contributed by atoms with E-state index in [-0.39, 0.29) is 5.91 Å². The van der Waals surface area contributed by atoms with Gasteiger partial charge in [0.1, 0.15) is 17.6 Å². The zero-order chi connectivity index (χ0) is 30.9. The van der Waals surface area contributed by atoms with E-state index in [1.807, 2.05) is 61.5 Å². The summed E-state index contributed by atoms with van der Waals surface area (Å²) in [5, 5.41) is 4.41. The van der Waals surface area contributed by atoms with Crippen molar-refractivity contribution in [2.24, 2.45) is 0 Å². The van der Waals surface area contributed by atoms with Gasteiger partial charge >= 0.3 is 0 Å². The number of ether oxygens (including phenoxy) is 1. The monoisotopic (exact) mass is 593 g/mol. The Morgan fingerprint density at radius 3 is 2.24 bits per heavy atom. The maximum atomic E-state index is 13.7. The zero-order valence-electron chi connectivity index (χ0n) is 25.7. The number of carbonyl (C=O) groups is 1. The first-order valence-electron chi connectivity index (χ1n) is 15.4. The molecule has 45 heavy (non-hydrogen) atoms. The summed E-state index contributed by atoms with van der Waals surface area (Å²) in [7, 11) is 0. The van der Waals surface area contributed by atoms with E-state index in [2.05, 4.69) is 83.3 Å².